The van der Waals surface area contributed by atoms with Crippen molar-refractivity contribution in [3.63, 3.8) is 0 Å². The van der Waals surface area contributed by atoms with E-state index in [9.17, 15) is 24.8 Å². The first-order valence-corrected chi connectivity index (χ1v) is 6.83. The molecule has 1 aliphatic heterocycles. The van der Waals surface area contributed by atoms with Crippen molar-refractivity contribution in [2.75, 3.05) is 6.54 Å². The molecule has 1 aliphatic rings. The van der Waals surface area contributed by atoms with E-state index in [0.717, 1.165) is 11.0 Å². The van der Waals surface area contributed by atoms with Crippen molar-refractivity contribution in [3.8, 4) is 0 Å². The van der Waals surface area contributed by atoms with Crippen LogP contribution in [-0.4, -0.2) is 45.4 Å². The van der Waals surface area contributed by atoms with Gasteiger partial charge in [0.1, 0.15) is 6.04 Å². The van der Waals surface area contributed by atoms with Crippen LogP contribution in [0.2, 0.25) is 0 Å². The predicted octanol–water partition coefficient (Wildman–Crippen LogP) is 0.418. The SMILES string of the molecule is NC(=O)C1CC(O)CN1C(=O)c1cc([N+](=O)[O-])ccc1Br. The van der Waals surface area contributed by atoms with E-state index in [1.165, 1.54) is 12.1 Å². The van der Waals surface area contributed by atoms with Crippen molar-refractivity contribution >= 4 is 33.4 Å². The summed E-state index contributed by atoms with van der Waals surface area (Å²) in [6.45, 7) is -0.0401. The first-order valence-electron chi connectivity index (χ1n) is 6.03. The van der Waals surface area contributed by atoms with Gasteiger partial charge in [0.2, 0.25) is 5.91 Å². The Morgan fingerprint density at radius 3 is 2.71 bits per heavy atom. The number of β-amino-alcohol motifs (C(OH)–C–C–N with tert-alkyl or cyclic N) is 1. The molecule has 2 atom stereocenters. The minimum absolute atomic E-state index is 0.0401. The molecule has 1 saturated heterocycles. The molecule has 1 heterocycles. The molecular weight excluding hydrogens is 346 g/mol. The molecule has 1 aromatic rings. The molecule has 2 unspecified atom stereocenters. The zero-order chi connectivity index (χ0) is 15.7. The van der Waals surface area contributed by atoms with Gasteiger partial charge < -0.3 is 15.7 Å². The summed E-state index contributed by atoms with van der Waals surface area (Å²) >= 11 is 3.15. The molecule has 3 N–H and O–H groups in total. The number of carbonyl (C=O) groups is 2. The summed E-state index contributed by atoms with van der Waals surface area (Å²) < 4.78 is 0.364. The molecule has 112 valence electrons. The van der Waals surface area contributed by atoms with Gasteiger partial charge in [-0.3, -0.25) is 19.7 Å². The minimum Gasteiger partial charge on any atom is -0.391 e. The molecule has 1 aromatic carbocycles. The fourth-order valence-corrected chi connectivity index (χ4v) is 2.67. The number of hydrogen-bond acceptors (Lipinski definition) is 5. The molecule has 0 aliphatic carbocycles. The third-order valence-electron chi connectivity index (χ3n) is 3.26. The highest BCUT2D eigenvalue weighted by Gasteiger charge is 2.38. The third kappa shape index (κ3) is 3.03. The lowest BCUT2D eigenvalue weighted by molar-refractivity contribution is -0.384. The smallest absolute Gasteiger partial charge is 0.270 e. The average Bonchev–Trinajstić information content (AvgIpc) is 2.80. The second-order valence-corrected chi connectivity index (χ2v) is 5.54. The zero-order valence-corrected chi connectivity index (χ0v) is 12.3. The van der Waals surface area contributed by atoms with Crippen molar-refractivity contribution in [1.29, 1.82) is 0 Å². The van der Waals surface area contributed by atoms with Crippen molar-refractivity contribution in [2.45, 2.75) is 18.6 Å². The molecule has 2 amide bonds. The molecule has 2 rings (SSSR count). The van der Waals surface area contributed by atoms with Gasteiger partial charge in [0.25, 0.3) is 11.6 Å². The van der Waals surface area contributed by atoms with Crippen LogP contribution >= 0.6 is 15.9 Å². The van der Waals surface area contributed by atoms with E-state index in [-0.39, 0.29) is 24.2 Å². The van der Waals surface area contributed by atoms with E-state index < -0.39 is 28.9 Å². The molecule has 8 nitrogen and oxygen atoms in total. The fraction of sp³-hybridized carbons (Fsp3) is 0.333. The maximum Gasteiger partial charge on any atom is 0.270 e. The lowest BCUT2D eigenvalue weighted by Crippen LogP contribution is -2.43. The molecule has 0 radical (unpaired) electrons. The Morgan fingerprint density at radius 2 is 2.14 bits per heavy atom. The van der Waals surface area contributed by atoms with Crippen LogP contribution in [0.15, 0.2) is 22.7 Å². The zero-order valence-electron chi connectivity index (χ0n) is 10.7. The number of nitro groups is 1. The number of rotatable bonds is 3. The molecule has 0 saturated carbocycles. The van der Waals surface area contributed by atoms with Crippen LogP contribution in [0.1, 0.15) is 16.8 Å². The Kier molecular flexibility index (Phi) is 4.24. The normalized spacial score (nSPS) is 21.3. The van der Waals surface area contributed by atoms with E-state index in [2.05, 4.69) is 15.9 Å². The summed E-state index contributed by atoms with van der Waals surface area (Å²) in [5.41, 5.74) is 5.03. The Morgan fingerprint density at radius 1 is 1.48 bits per heavy atom. The monoisotopic (exact) mass is 357 g/mol. The number of carbonyl (C=O) groups excluding carboxylic acids is 2. The van der Waals surface area contributed by atoms with Crippen LogP contribution < -0.4 is 5.73 Å². The number of nitro benzene ring substituents is 1. The maximum atomic E-state index is 12.5. The van der Waals surface area contributed by atoms with Gasteiger partial charge in [0.15, 0.2) is 0 Å². The number of halogens is 1. The first kappa shape index (κ1) is 15.4. The van der Waals surface area contributed by atoms with Crippen molar-refractivity contribution < 1.29 is 19.6 Å². The quantitative estimate of drug-likeness (QED) is 0.598. The van der Waals surface area contributed by atoms with Crippen LogP contribution in [0, 0.1) is 10.1 Å². The summed E-state index contributed by atoms with van der Waals surface area (Å²) in [7, 11) is 0. The number of non-ortho nitro benzene ring substituents is 1. The van der Waals surface area contributed by atoms with Crippen molar-refractivity contribution in [1.82, 2.24) is 4.90 Å². The van der Waals surface area contributed by atoms with Gasteiger partial charge in [-0.2, -0.15) is 0 Å². The summed E-state index contributed by atoms with van der Waals surface area (Å²) in [4.78, 5) is 35.1. The van der Waals surface area contributed by atoms with Gasteiger partial charge in [-0.25, -0.2) is 0 Å². The number of benzene rings is 1. The molecule has 21 heavy (non-hydrogen) atoms. The van der Waals surface area contributed by atoms with E-state index in [1.807, 2.05) is 0 Å². The molecule has 0 aromatic heterocycles. The topological polar surface area (TPSA) is 127 Å². The Bertz CT molecular complexity index is 621. The predicted molar refractivity (Wildman–Crippen MR) is 75.4 cm³/mol. The second kappa shape index (κ2) is 5.78. The van der Waals surface area contributed by atoms with Crippen molar-refractivity contribution in [2.24, 2.45) is 5.73 Å². The lowest BCUT2D eigenvalue weighted by Gasteiger charge is -2.22. The van der Waals surface area contributed by atoms with Gasteiger partial charge >= 0.3 is 0 Å². The first-order chi connectivity index (χ1) is 9.81. The number of aliphatic hydroxyl groups is 1. The Hall–Kier alpha value is -2.00. The van der Waals surface area contributed by atoms with E-state index in [4.69, 9.17) is 5.73 Å². The molecular formula is C12H12BrN3O5. The van der Waals surface area contributed by atoms with Crippen molar-refractivity contribution in [3.05, 3.63) is 38.3 Å². The highest BCUT2D eigenvalue weighted by Crippen LogP contribution is 2.27. The average molecular weight is 358 g/mol. The van der Waals surface area contributed by atoms with E-state index in [1.54, 1.807) is 0 Å². The Balaban J connectivity index is 2.37. The molecule has 0 spiro atoms. The number of primary amides is 1. The van der Waals surface area contributed by atoms with Crippen LogP contribution in [0.25, 0.3) is 0 Å². The Labute approximate surface area is 127 Å². The number of nitrogens with two attached hydrogens (primary N) is 1. The molecule has 0 bridgehead atoms. The largest absolute Gasteiger partial charge is 0.391 e. The highest BCUT2D eigenvalue weighted by atomic mass is 79.9. The highest BCUT2D eigenvalue weighted by molar-refractivity contribution is 9.10. The number of aliphatic hydroxyl groups excluding tert-OH is 1. The fourth-order valence-electron chi connectivity index (χ4n) is 2.25. The summed E-state index contributed by atoms with van der Waals surface area (Å²) in [5, 5.41) is 20.4. The standard InChI is InChI=1S/C12H12BrN3O5/c13-9-2-1-6(16(20)21)3-8(9)12(19)15-5-7(17)4-10(15)11(14)18/h1-3,7,10,17H,4-5H2,(H2,14,18). The van der Waals surface area contributed by atoms with E-state index >= 15 is 0 Å². The van der Waals surface area contributed by atoms with Crippen LogP contribution in [-0.2, 0) is 4.79 Å². The van der Waals surface area contributed by atoms with E-state index in [0.29, 0.717) is 4.47 Å². The molecule has 1 fully saturated rings. The van der Waals surface area contributed by atoms with Gasteiger partial charge in [-0.1, -0.05) is 0 Å². The second-order valence-electron chi connectivity index (χ2n) is 4.69. The number of amides is 2. The van der Waals surface area contributed by atoms with Gasteiger partial charge in [0.05, 0.1) is 16.6 Å². The lowest BCUT2D eigenvalue weighted by atomic mass is 10.1. The third-order valence-corrected chi connectivity index (χ3v) is 3.95. The summed E-state index contributed by atoms with van der Waals surface area (Å²) in [6, 6.07) is 2.84. The molecule has 9 heteroatoms. The summed E-state index contributed by atoms with van der Waals surface area (Å²) in [6.07, 6.45) is -0.780. The number of hydrogen-bond donors (Lipinski definition) is 2. The van der Waals surface area contributed by atoms with Gasteiger partial charge in [0, 0.05) is 29.6 Å². The number of likely N-dealkylation sites (tertiary alicyclic amines) is 1. The van der Waals surface area contributed by atoms with Gasteiger partial charge in [-0.15, -0.1) is 0 Å². The summed E-state index contributed by atoms with van der Waals surface area (Å²) in [5.74, 6) is -1.31. The van der Waals surface area contributed by atoms with Crippen LogP contribution in [0.5, 0.6) is 0 Å². The minimum atomic E-state index is -0.918. The van der Waals surface area contributed by atoms with Gasteiger partial charge in [-0.05, 0) is 22.0 Å². The van der Waals surface area contributed by atoms with Crippen LogP contribution in [0.3, 0.4) is 0 Å². The number of nitrogens with zero attached hydrogens (tertiary/aromatic N) is 2. The maximum absolute atomic E-state index is 12.5. The van der Waals surface area contributed by atoms with Crippen LogP contribution in [0.4, 0.5) is 5.69 Å².